The first-order valence-corrected chi connectivity index (χ1v) is 9.66. The molecule has 0 aliphatic carbocycles. The molecule has 0 fully saturated rings. The highest BCUT2D eigenvalue weighted by molar-refractivity contribution is 7.68. The fourth-order valence-corrected chi connectivity index (χ4v) is 7.68. The molecule has 4 heteroatoms. The lowest BCUT2D eigenvalue weighted by molar-refractivity contribution is 0.715. The van der Waals surface area contributed by atoms with Crippen LogP contribution in [0, 0.1) is 0 Å². The van der Waals surface area contributed by atoms with Crippen molar-refractivity contribution in [3.8, 4) is 11.1 Å². The average molecular weight is 343 g/mol. The molecule has 4 N–H and O–H groups in total. The van der Waals surface area contributed by atoms with Gasteiger partial charge in [0, 0.05) is 5.56 Å². The van der Waals surface area contributed by atoms with Gasteiger partial charge in [0.25, 0.3) is 0 Å². The van der Waals surface area contributed by atoms with Crippen LogP contribution in [0.1, 0.15) is 41.5 Å². The van der Waals surface area contributed by atoms with Crippen LogP contribution in [0.4, 0.5) is 5.69 Å². The topological polar surface area (TPSA) is 55.3 Å². The summed E-state index contributed by atoms with van der Waals surface area (Å²) >= 11 is 0. The standard InChI is InChI=1S/C20H30N3P/c1-19(2,3)24(20(4,5)6)18-14-10-8-12-16(18)15-11-7-9-13-17(15)23(21)22/h7-14H,21-22H2,1-6H3. The van der Waals surface area contributed by atoms with E-state index in [1.54, 1.807) is 0 Å². The van der Waals surface area contributed by atoms with E-state index in [0.717, 1.165) is 11.3 Å². The number of para-hydroxylation sites is 1. The van der Waals surface area contributed by atoms with Gasteiger partial charge in [-0.1, -0.05) is 91.9 Å². The first-order chi connectivity index (χ1) is 11.0. The van der Waals surface area contributed by atoms with Crippen molar-refractivity contribution >= 4 is 18.9 Å². The molecule has 0 aromatic heterocycles. The lowest BCUT2D eigenvalue weighted by atomic mass is 10.0. The van der Waals surface area contributed by atoms with Gasteiger partial charge in [0.1, 0.15) is 0 Å². The molecule has 0 radical (unpaired) electrons. The third-order valence-corrected chi connectivity index (χ3v) is 7.51. The molecule has 0 aliphatic rings. The Morgan fingerprint density at radius 3 is 1.67 bits per heavy atom. The smallest absolute Gasteiger partial charge is 0.0775 e. The second kappa shape index (κ2) is 6.84. The van der Waals surface area contributed by atoms with Gasteiger partial charge in [-0.15, -0.1) is 0 Å². The molecule has 0 saturated heterocycles. The molecule has 0 heterocycles. The van der Waals surface area contributed by atoms with Gasteiger partial charge in [0.05, 0.1) is 5.69 Å². The van der Waals surface area contributed by atoms with Gasteiger partial charge in [-0.2, -0.15) is 0 Å². The second-order valence-corrected chi connectivity index (χ2v) is 12.0. The summed E-state index contributed by atoms with van der Waals surface area (Å²) in [6.07, 6.45) is 0. The zero-order valence-electron chi connectivity index (χ0n) is 15.7. The van der Waals surface area contributed by atoms with Gasteiger partial charge in [-0.05, 0) is 27.2 Å². The van der Waals surface area contributed by atoms with Crippen LogP contribution < -0.4 is 22.1 Å². The minimum absolute atomic E-state index is 0.198. The molecule has 3 nitrogen and oxygen atoms in total. The molecule has 0 bridgehead atoms. The molecule has 0 aliphatic heterocycles. The monoisotopic (exact) mass is 343 g/mol. The molecule has 0 unspecified atom stereocenters. The van der Waals surface area contributed by atoms with E-state index in [1.807, 2.05) is 18.2 Å². The molecule has 0 amide bonds. The number of hydrogen-bond acceptors (Lipinski definition) is 3. The van der Waals surface area contributed by atoms with Crippen LogP contribution in [-0.4, -0.2) is 10.3 Å². The highest BCUT2D eigenvalue weighted by atomic mass is 31.1. The van der Waals surface area contributed by atoms with Crippen LogP contribution >= 0.6 is 7.92 Å². The Kier molecular flexibility index (Phi) is 5.39. The Morgan fingerprint density at radius 2 is 1.17 bits per heavy atom. The third-order valence-electron chi connectivity index (χ3n) is 3.96. The third kappa shape index (κ3) is 3.97. The predicted molar refractivity (Wildman–Crippen MR) is 109 cm³/mol. The first kappa shape index (κ1) is 18.9. The van der Waals surface area contributed by atoms with Gasteiger partial charge in [0.2, 0.25) is 0 Å². The number of nitrogens with two attached hydrogens (primary N) is 2. The summed E-state index contributed by atoms with van der Waals surface area (Å²) < 4.78 is 0. The summed E-state index contributed by atoms with van der Waals surface area (Å²) in [6, 6.07) is 16.7. The van der Waals surface area contributed by atoms with E-state index in [2.05, 4.69) is 71.9 Å². The van der Waals surface area contributed by atoms with Crippen molar-refractivity contribution in [3.63, 3.8) is 0 Å². The molecule has 2 aromatic carbocycles. The normalized spacial score (nSPS) is 12.5. The molecule has 0 saturated carbocycles. The van der Waals surface area contributed by atoms with Crippen molar-refractivity contribution < 1.29 is 0 Å². The summed E-state index contributed by atoms with van der Waals surface area (Å²) in [5.74, 6) is 11.7. The number of benzene rings is 2. The molecular weight excluding hydrogens is 313 g/mol. The van der Waals surface area contributed by atoms with Crippen LogP contribution in [0.2, 0.25) is 0 Å². The summed E-state index contributed by atoms with van der Waals surface area (Å²) in [6.45, 7) is 14.0. The largest absolute Gasteiger partial charge is 0.246 e. The van der Waals surface area contributed by atoms with Gasteiger partial charge >= 0.3 is 0 Å². The number of hydrogen-bond donors (Lipinski definition) is 2. The minimum Gasteiger partial charge on any atom is -0.246 e. The molecule has 2 rings (SSSR count). The van der Waals surface area contributed by atoms with Crippen molar-refractivity contribution in [2.75, 3.05) is 5.12 Å². The fourth-order valence-electron chi connectivity index (χ4n) is 3.55. The molecule has 0 atom stereocenters. The molecule has 24 heavy (non-hydrogen) atoms. The van der Waals surface area contributed by atoms with Crippen molar-refractivity contribution in [1.29, 1.82) is 0 Å². The Balaban J connectivity index is 2.73. The van der Waals surface area contributed by atoms with Gasteiger partial charge < -0.3 is 0 Å². The zero-order valence-corrected chi connectivity index (χ0v) is 16.6. The molecular formula is C20H30N3P. The maximum absolute atomic E-state index is 5.87. The van der Waals surface area contributed by atoms with Gasteiger partial charge in [-0.25, -0.2) is 16.8 Å². The highest BCUT2D eigenvalue weighted by Crippen LogP contribution is 2.59. The van der Waals surface area contributed by atoms with Crippen molar-refractivity contribution in [2.45, 2.75) is 51.9 Å². The number of nitrogens with zero attached hydrogens (tertiary/aromatic N) is 1. The Bertz CT molecular complexity index is 683. The Hall–Kier alpha value is -1.41. The fraction of sp³-hybridized carbons (Fsp3) is 0.400. The number of anilines is 1. The van der Waals surface area contributed by atoms with Crippen LogP contribution in [0.3, 0.4) is 0 Å². The summed E-state index contributed by atoms with van der Waals surface area (Å²) in [7, 11) is -0.414. The average Bonchev–Trinajstić information content (AvgIpc) is 2.45. The molecule has 130 valence electrons. The van der Waals surface area contributed by atoms with Crippen LogP contribution in [0.25, 0.3) is 11.1 Å². The van der Waals surface area contributed by atoms with Gasteiger partial charge in [0.15, 0.2) is 0 Å². The predicted octanol–water partition coefficient (Wildman–Crippen LogP) is 4.61. The van der Waals surface area contributed by atoms with E-state index >= 15 is 0 Å². The molecule has 0 spiro atoms. The van der Waals surface area contributed by atoms with E-state index in [1.165, 1.54) is 16.0 Å². The minimum atomic E-state index is -0.414. The summed E-state index contributed by atoms with van der Waals surface area (Å²) in [5.41, 5.74) is 3.15. The zero-order chi connectivity index (χ0) is 18.1. The summed E-state index contributed by atoms with van der Waals surface area (Å²) in [4.78, 5) is 0. The second-order valence-electron chi connectivity index (χ2n) is 8.12. The lowest BCUT2D eigenvalue weighted by Crippen LogP contribution is -2.38. The Morgan fingerprint density at radius 1 is 0.708 bits per heavy atom. The van der Waals surface area contributed by atoms with Crippen molar-refractivity contribution in [3.05, 3.63) is 48.5 Å². The van der Waals surface area contributed by atoms with E-state index < -0.39 is 7.92 Å². The SMILES string of the molecule is CC(C)(C)P(c1ccccc1-c1ccccc1N(N)N)C(C)(C)C. The Labute approximate surface area is 147 Å². The maximum Gasteiger partial charge on any atom is 0.0775 e. The maximum atomic E-state index is 5.87. The van der Waals surface area contributed by atoms with Crippen molar-refractivity contribution in [1.82, 2.24) is 0 Å². The van der Waals surface area contributed by atoms with Gasteiger partial charge in [-0.3, -0.25) is 0 Å². The van der Waals surface area contributed by atoms with E-state index in [0.29, 0.717) is 0 Å². The highest BCUT2D eigenvalue weighted by Gasteiger charge is 2.37. The van der Waals surface area contributed by atoms with Crippen LogP contribution in [0.15, 0.2) is 48.5 Å². The number of hydrazine groups is 2. The summed E-state index contributed by atoms with van der Waals surface area (Å²) in [5, 5.41) is 3.01. The van der Waals surface area contributed by atoms with E-state index in [4.69, 9.17) is 11.7 Å². The van der Waals surface area contributed by atoms with Crippen LogP contribution in [0.5, 0.6) is 0 Å². The number of rotatable bonds is 3. The first-order valence-electron chi connectivity index (χ1n) is 8.32. The van der Waals surface area contributed by atoms with E-state index in [9.17, 15) is 0 Å². The lowest BCUT2D eigenvalue weighted by Gasteiger charge is -2.42. The molecule has 2 aromatic rings. The van der Waals surface area contributed by atoms with E-state index in [-0.39, 0.29) is 10.3 Å². The quantitative estimate of drug-likeness (QED) is 0.486. The van der Waals surface area contributed by atoms with Crippen LogP contribution in [-0.2, 0) is 0 Å². The van der Waals surface area contributed by atoms with Crippen molar-refractivity contribution in [2.24, 2.45) is 11.7 Å².